The summed E-state index contributed by atoms with van der Waals surface area (Å²) in [5, 5.41) is 2.66. The van der Waals surface area contributed by atoms with Gasteiger partial charge in [0.2, 0.25) is 0 Å². The lowest BCUT2D eigenvalue weighted by atomic mass is 9.65. The molecule has 0 fully saturated rings. The van der Waals surface area contributed by atoms with Crippen molar-refractivity contribution in [2.75, 3.05) is 4.90 Å². The maximum absolute atomic E-state index is 2.39. The molecule has 50 heavy (non-hydrogen) atoms. The summed E-state index contributed by atoms with van der Waals surface area (Å²) in [6.45, 7) is 4.78. The van der Waals surface area contributed by atoms with E-state index in [1.165, 1.54) is 66.4 Å². The average molecular weight is 640 g/mol. The van der Waals surface area contributed by atoms with Gasteiger partial charge in [0.15, 0.2) is 0 Å². The van der Waals surface area contributed by atoms with E-state index in [-0.39, 0.29) is 5.41 Å². The van der Waals surface area contributed by atoms with E-state index >= 15 is 0 Å². The van der Waals surface area contributed by atoms with Gasteiger partial charge in [0.1, 0.15) is 0 Å². The molecule has 0 saturated carbocycles. The summed E-state index contributed by atoms with van der Waals surface area (Å²) in [4.78, 5) is 2.30. The molecule has 8 aromatic carbocycles. The van der Waals surface area contributed by atoms with E-state index in [9.17, 15) is 0 Å². The lowest BCUT2D eigenvalue weighted by Crippen LogP contribution is -2.25. The number of hydrogen-bond acceptors (Lipinski definition) is 1. The predicted octanol–water partition coefficient (Wildman–Crippen LogP) is 13.6. The second-order valence-electron chi connectivity index (χ2n) is 13.7. The van der Waals surface area contributed by atoms with Crippen LogP contribution in [0.2, 0.25) is 0 Å². The minimum Gasteiger partial charge on any atom is -0.311 e. The Morgan fingerprint density at radius 2 is 0.860 bits per heavy atom. The Morgan fingerprint density at radius 1 is 0.360 bits per heavy atom. The molecule has 0 saturated heterocycles. The van der Waals surface area contributed by atoms with E-state index in [0.29, 0.717) is 0 Å². The Balaban J connectivity index is 1.12. The van der Waals surface area contributed by atoms with Crippen LogP contribution in [0.15, 0.2) is 188 Å². The Hall–Kier alpha value is -6.18. The lowest BCUT2D eigenvalue weighted by molar-refractivity contribution is 0.647. The van der Waals surface area contributed by atoms with Crippen LogP contribution in [0.4, 0.5) is 17.1 Å². The first-order chi connectivity index (χ1) is 24.6. The van der Waals surface area contributed by atoms with Gasteiger partial charge in [-0.15, -0.1) is 0 Å². The first kappa shape index (κ1) is 29.9. The molecule has 0 atom stereocenters. The summed E-state index contributed by atoms with van der Waals surface area (Å²) >= 11 is 0. The molecule has 1 heteroatoms. The van der Waals surface area contributed by atoms with Crippen LogP contribution >= 0.6 is 0 Å². The fourth-order valence-electron chi connectivity index (χ4n) is 8.09. The van der Waals surface area contributed by atoms with Gasteiger partial charge in [-0.3, -0.25) is 0 Å². The van der Waals surface area contributed by atoms with Crippen molar-refractivity contribution in [1.29, 1.82) is 0 Å². The molecule has 9 rings (SSSR count). The molecular formula is C49H37N. The zero-order valence-corrected chi connectivity index (χ0v) is 28.3. The number of benzene rings is 8. The SMILES string of the molecule is CC1(C)c2c(-c3ccccc3)cccc2-c2c(-c3ccc(-c4ccc(N(c5ccccc5)c5ccccc5)cc4)cc3)ccc3cccc1c23. The van der Waals surface area contributed by atoms with Gasteiger partial charge in [-0.1, -0.05) is 166 Å². The highest BCUT2D eigenvalue weighted by Gasteiger charge is 2.36. The Morgan fingerprint density at radius 3 is 1.50 bits per heavy atom. The number of hydrogen-bond donors (Lipinski definition) is 0. The Kier molecular flexibility index (Phi) is 7.21. The molecule has 1 aliphatic rings. The monoisotopic (exact) mass is 639 g/mol. The highest BCUT2D eigenvalue weighted by atomic mass is 15.1. The zero-order chi connectivity index (χ0) is 33.7. The van der Waals surface area contributed by atoms with Crippen molar-refractivity contribution in [3.63, 3.8) is 0 Å². The summed E-state index contributed by atoms with van der Waals surface area (Å²) in [6.07, 6.45) is 0. The standard InChI is InChI=1S/C49H37N/c1-49(2)45-23-12-16-38-30-33-42(47(46(38)45)44-22-13-21-43(48(44)49)36-14-6-3-7-15-36)37-26-24-34(25-27-37)35-28-31-41(32-29-35)50(39-17-8-4-9-18-39)40-19-10-5-11-20-40/h3-33H,1-2H3. The average Bonchev–Trinajstić information content (AvgIpc) is 3.18. The van der Waals surface area contributed by atoms with Crippen molar-refractivity contribution in [2.24, 2.45) is 0 Å². The molecule has 0 bridgehead atoms. The zero-order valence-electron chi connectivity index (χ0n) is 28.3. The number of rotatable bonds is 6. The maximum Gasteiger partial charge on any atom is 0.0462 e. The van der Waals surface area contributed by atoms with Crippen LogP contribution in [0.1, 0.15) is 25.0 Å². The third-order valence-electron chi connectivity index (χ3n) is 10.4. The van der Waals surface area contributed by atoms with Crippen LogP contribution < -0.4 is 4.90 Å². The molecule has 0 unspecified atom stereocenters. The summed E-state index contributed by atoms with van der Waals surface area (Å²) in [5.41, 5.74) is 16.2. The van der Waals surface area contributed by atoms with E-state index in [4.69, 9.17) is 0 Å². The molecule has 0 spiro atoms. The smallest absolute Gasteiger partial charge is 0.0462 e. The number of para-hydroxylation sites is 2. The first-order valence-electron chi connectivity index (χ1n) is 17.4. The molecule has 0 aliphatic heterocycles. The Bertz CT molecular complexity index is 2420. The fourth-order valence-corrected chi connectivity index (χ4v) is 8.09. The third kappa shape index (κ3) is 4.94. The fraction of sp³-hybridized carbons (Fsp3) is 0.0612. The Labute approximate surface area is 294 Å². The van der Waals surface area contributed by atoms with E-state index in [1.54, 1.807) is 0 Å². The number of anilines is 3. The van der Waals surface area contributed by atoms with Crippen molar-refractivity contribution in [3.05, 3.63) is 199 Å². The van der Waals surface area contributed by atoms with Gasteiger partial charge in [-0.25, -0.2) is 0 Å². The van der Waals surface area contributed by atoms with E-state index in [0.717, 1.165) is 17.1 Å². The topological polar surface area (TPSA) is 3.24 Å². The predicted molar refractivity (Wildman–Crippen MR) is 213 cm³/mol. The third-order valence-corrected chi connectivity index (χ3v) is 10.4. The second-order valence-corrected chi connectivity index (χ2v) is 13.7. The molecule has 8 aromatic rings. The van der Waals surface area contributed by atoms with Crippen LogP contribution in [0.25, 0.3) is 55.3 Å². The quantitative estimate of drug-likeness (QED) is 0.175. The lowest BCUT2D eigenvalue weighted by Gasteiger charge is -2.38. The van der Waals surface area contributed by atoms with Crippen LogP contribution in [-0.4, -0.2) is 0 Å². The molecule has 0 radical (unpaired) electrons. The van der Waals surface area contributed by atoms with Crippen molar-refractivity contribution in [1.82, 2.24) is 0 Å². The van der Waals surface area contributed by atoms with E-state index in [2.05, 4.69) is 207 Å². The largest absolute Gasteiger partial charge is 0.311 e. The first-order valence-corrected chi connectivity index (χ1v) is 17.4. The molecule has 0 N–H and O–H groups in total. The van der Waals surface area contributed by atoms with Crippen LogP contribution in [0, 0.1) is 0 Å². The highest BCUT2D eigenvalue weighted by Crippen LogP contribution is 2.54. The number of fused-ring (bicyclic) bond motifs is 2. The van der Waals surface area contributed by atoms with Crippen LogP contribution in [0.5, 0.6) is 0 Å². The van der Waals surface area contributed by atoms with Gasteiger partial charge in [0.05, 0.1) is 0 Å². The van der Waals surface area contributed by atoms with Crippen LogP contribution in [-0.2, 0) is 5.41 Å². The van der Waals surface area contributed by atoms with Gasteiger partial charge < -0.3 is 4.90 Å². The minimum atomic E-state index is -0.153. The normalized spacial score (nSPS) is 12.8. The van der Waals surface area contributed by atoms with E-state index in [1.807, 2.05) is 0 Å². The summed E-state index contributed by atoms with van der Waals surface area (Å²) in [5.74, 6) is 0. The molecule has 0 heterocycles. The summed E-state index contributed by atoms with van der Waals surface area (Å²) in [6, 6.07) is 68.3. The number of nitrogens with zero attached hydrogens (tertiary/aromatic N) is 1. The molecule has 238 valence electrons. The molecule has 1 nitrogen and oxygen atoms in total. The van der Waals surface area contributed by atoms with Crippen molar-refractivity contribution < 1.29 is 0 Å². The van der Waals surface area contributed by atoms with Crippen LogP contribution in [0.3, 0.4) is 0 Å². The highest BCUT2D eigenvalue weighted by molar-refractivity contribution is 6.10. The maximum atomic E-state index is 2.39. The van der Waals surface area contributed by atoms with Crippen molar-refractivity contribution >= 4 is 27.8 Å². The van der Waals surface area contributed by atoms with E-state index < -0.39 is 0 Å². The summed E-state index contributed by atoms with van der Waals surface area (Å²) in [7, 11) is 0. The van der Waals surface area contributed by atoms with Crippen molar-refractivity contribution in [2.45, 2.75) is 19.3 Å². The molecule has 1 aliphatic carbocycles. The van der Waals surface area contributed by atoms with Crippen molar-refractivity contribution in [3.8, 4) is 44.5 Å². The second kappa shape index (κ2) is 12.1. The molecule has 0 aromatic heterocycles. The molecule has 0 amide bonds. The van der Waals surface area contributed by atoms with Gasteiger partial charge in [-0.2, -0.15) is 0 Å². The summed E-state index contributed by atoms with van der Waals surface area (Å²) < 4.78 is 0. The van der Waals surface area contributed by atoms with Gasteiger partial charge in [0.25, 0.3) is 0 Å². The van der Waals surface area contributed by atoms with Gasteiger partial charge in [-0.05, 0) is 103 Å². The minimum absolute atomic E-state index is 0.153. The van der Waals surface area contributed by atoms with Gasteiger partial charge >= 0.3 is 0 Å². The van der Waals surface area contributed by atoms with Gasteiger partial charge in [0, 0.05) is 22.5 Å². The molecular weight excluding hydrogens is 603 g/mol.